The molecule has 0 saturated heterocycles. The standard InChI is InChI=1S/C21H26N2O5S/c1-3-4-15-28-21(25)18-7-9-19(10-8-18)23-29(26,27)20-11-5-17(6-12-20)13-14-22-16(2)24/h5-12,23H,3-4,13-15H2,1-2H3,(H,22,24). The molecule has 2 rings (SSSR count). The molecular weight excluding hydrogens is 392 g/mol. The lowest BCUT2D eigenvalue weighted by Gasteiger charge is -2.10. The van der Waals surface area contributed by atoms with Gasteiger partial charge < -0.3 is 10.1 Å². The van der Waals surface area contributed by atoms with Gasteiger partial charge in [-0.2, -0.15) is 0 Å². The second-order valence-electron chi connectivity index (χ2n) is 6.55. The number of benzene rings is 2. The molecule has 0 aliphatic heterocycles. The van der Waals surface area contributed by atoms with Crippen LogP contribution in [0.4, 0.5) is 5.69 Å². The van der Waals surface area contributed by atoms with Gasteiger partial charge in [0.1, 0.15) is 0 Å². The smallest absolute Gasteiger partial charge is 0.338 e. The summed E-state index contributed by atoms with van der Waals surface area (Å²) in [6.45, 7) is 4.31. The fourth-order valence-corrected chi connectivity index (χ4v) is 3.56. The minimum Gasteiger partial charge on any atom is -0.462 e. The van der Waals surface area contributed by atoms with E-state index in [-0.39, 0.29) is 10.8 Å². The summed E-state index contributed by atoms with van der Waals surface area (Å²) in [5.41, 5.74) is 1.64. The lowest BCUT2D eigenvalue weighted by molar-refractivity contribution is -0.118. The topological polar surface area (TPSA) is 102 Å². The monoisotopic (exact) mass is 418 g/mol. The minimum absolute atomic E-state index is 0.103. The van der Waals surface area contributed by atoms with E-state index in [0.29, 0.717) is 30.8 Å². The summed E-state index contributed by atoms with van der Waals surface area (Å²) >= 11 is 0. The number of carbonyl (C=O) groups excluding carboxylic acids is 2. The minimum atomic E-state index is -3.75. The van der Waals surface area contributed by atoms with Crippen LogP contribution in [0.25, 0.3) is 0 Å². The lowest BCUT2D eigenvalue weighted by atomic mass is 10.1. The van der Waals surface area contributed by atoms with Crippen LogP contribution in [0.5, 0.6) is 0 Å². The van der Waals surface area contributed by atoms with E-state index >= 15 is 0 Å². The molecule has 0 spiro atoms. The number of rotatable bonds is 10. The van der Waals surface area contributed by atoms with Gasteiger partial charge in [-0.15, -0.1) is 0 Å². The Bertz CT molecular complexity index is 923. The van der Waals surface area contributed by atoms with Gasteiger partial charge in [0.05, 0.1) is 17.1 Å². The highest BCUT2D eigenvalue weighted by Gasteiger charge is 2.15. The molecule has 2 N–H and O–H groups in total. The van der Waals surface area contributed by atoms with Crippen molar-refractivity contribution in [1.29, 1.82) is 0 Å². The molecule has 0 bridgehead atoms. The number of carbonyl (C=O) groups is 2. The summed E-state index contributed by atoms with van der Waals surface area (Å²) < 4.78 is 32.7. The normalized spacial score (nSPS) is 11.0. The molecule has 2 aromatic rings. The molecule has 7 nitrogen and oxygen atoms in total. The van der Waals surface area contributed by atoms with Crippen molar-refractivity contribution in [3.63, 3.8) is 0 Å². The SMILES string of the molecule is CCCCOC(=O)c1ccc(NS(=O)(=O)c2ccc(CCNC(C)=O)cc2)cc1. The van der Waals surface area contributed by atoms with E-state index in [1.807, 2.05) is 6.92 Å². The average molecular weight is 419 g/mol. The molecule has 0 fully saturated rings. The molecule has 0 unspecified atom stereocenters. The molecule has 156 valence electrons. The Morgan fingerprint density at radius 1 is 1.00 bits per heavy atom. The maximum atomic E-state index is 12.5. The maximum absolute atomic E-state index is 12.5. The predicted octanol–water partition coefficient (Wildman–Crippen LogP) is 3.12. The Labute approximate surface area is 171 Å². The van der Waals surface area contributed by atoms with E-state index in [4.69, 9.17) is 4.74 Å². The largest absolute Gasteiger partial charge is 0.462 e. The van der Waals surface area contributed by atoms with Crippen LogP contribution in [0.3, 0.4) is 0 Å². The molecule has 1 amide bonds. The first-order valence-corrected chi connectivity index (χ1v) is 10.9. The quantitative estimate of drug-likeness (QED) is 0.456. The van der Waals surface area contributed by atoms with Gasteiger partial charge in [-0.25, -0.2) is 13.2 Å². The number of ether oxygens (including phenoxy) is 1. The number of esters is 1. The van der Waals surface area contributed by atoms with Crippen molar-refractivity contribution >= 4 is 27.6 Å². The van der Waals surface area contributed by atoms with Crippen LogP contribution < -0.4 is 10.0 Å². The summed E-state index contributed by atoms with van der Waals surface area (Å²) in [4.78, 5) is 22.9. The summed E-state index contributed by atoms with van der Waals surface area (Å²) in [7, 11) is -3.75. The zero-order valence-electron chi connectivity index (χ0n) is 16.6. The molecule has 2 aromatic carbocycles. The van der Waals surface area contributed by atoms with Crippen LogP contribution in [0.1, 0.15) is 42.6 Å². The molecule has 0 saturated carbocycles. The van der Waals surface area contributed by atoms with Crippen molar-refractivity contribution < 1.29 is 22.7 Å². The highest BCUT2D eigenvalue weighted by atomic mass is 32.2. The first-order valence-electron chi connectivity index (χ1n) is 9.45. The van der Waals surface area contributed by atoms with Gasteiger partial charge in [-0.1, -0.05) is 25.5 Å². The third-order valence-electron chi connectivity index (χ3n) is 4.13. The van der Waals surface area contributed by atoms with Crippen molar-refractivity contribution in [2.45, 2.75) is 38.0 Å². The number of unbranched alkanes of at least 4 members (excludes halogenated alkanes) is 1. The molecule has 0 aromatic heterocycles. The van der Waals surface area contributed by atoms with Crippen molar-refractivity contribution in [2.75, 3.05) is 17.9 Å². The maximum Gasteiger partial charge on any atom is 0.338 e. The Kier molecular flexibility index (Phi) is 8.21. The zero-order chi connectivity index (χ0) is 21.3. The van der Waals surface area contributed by atoms with E-state index in [0.717, 1.165) is 18.4 Å². The van der Waals surface area contributed by atoms with Crippen LogP contribution in [0.15, 0.2) is 53.4 Å². The van der Waals surface area contributed by atoms with Crippen molar-refractivity contribution in [2.24, 2.45) is 0 Å². The molecule has 0 heterocycles. The van der Waals surface area contributed by atoms with Gasteiger partial charge >= 0.3 is 5.97 Å². The second-order valence-corrected chi connectivity index (χ2v) is 8.23. The van der Waals surface area contributed by atoms with Crippen molar-refractivity contribution in [3.05, 3.63) is 59.7 Å². The first kappa shape index (κ1) is 22.4. The summed E-state index contributed by atoms with van der Waals surface area (Å²) in [5.74, 6) is -0.531. The van der Waals surface area contributed by atoms with Crippen LogP contribution in [-0.2, 0) is 26.0 Å². The average Bonchev–Trinajstić information content (AvgIpc) is 2.68. The van der Waals surface area contributed by atoms with E-state index in [9.17, 15) is 18.0 Å². The van der Waals surface area contributed by atoms with Gasteiger partial charge in [0.15, 0.2) is 0 Å². The third kappa shape index (κ3) is 7.23. The second kappa shape index (κ2) is 10.6. The summed E-state index contributed by atoms with van der Waals surface area (Å²) in [5, 5.41) is 2.70. The fourth-order valence-electron chi connectivity index (χ4n) is 2.50. The first-order chi connectivity index (χ1) is 13.8. The Hall–Kier alpha value is -2.87. The third-order valence-corrected chi connectivity index (χ3v) is 5.52. The Balaban J connectivity index is 1.97. The predicted molar refractivity (Wildman–Crippen MR) is 111 cm³/mol. The molecule has 0 aliphatic rings. The van der Waals surface area contributed by atoms with Crippen molar-refractivity contribution in [3.8, 4) is 0 Å². The molecule has 0 radical (unpaired) electrons. The molecular formula is C21H26N2O5S. The van der Waals surface area contributed by atoms with Crippen molar-refractivity contribution in [1.82, 2.24) is 5.32 Å². The van der Waals surface area contributed by atoms with Crippen LogP contribution >= 0.6 is 0 Å². The van der Waals surface area contributed by atoms with Crippen LogP contribution in [0, 0.1) is 0 Å². The number of sulfonamides is 1. The van der Waals surface area contributed by atoms with Gasteiger partial charge in [-0.05, 0) is 54.8 Å². The van der Waals surface area contributed by atoms with Gasteiger partial charge in [0.2, 0.25) is 5.91 Å². The number of anilines is 1. The van der Waals surface area contributed by atoms with Gasteiger partial charge in [0.25, 0.3) is 10.0 Å². The molecule has 8 heteroatoms. The number of amides is 1. The van der Waals surface area contributed by atoms with Crippen LogP contribution in [0.2, 0.25) is 0 Å². The number of nitrogens with one attached hydrogen (secondary N) is 2. The van der Waals surface area contributed by atoms with E-state index < -0.39 is 16.0 Å². The number of hydrogen-bond donors (Lipinski definition) is 2. The molecule has 0 aliphatic carbocycles. The Morgan fingerprint density at radius 3 is 2.24 bits per heavy atom. The Morgan fingerprint density at radius 2 is 1.66 bits per heavy atom. The summed E-state index contributed by atoms with van der Waals surface area (Å²) in [6.07, 6.45) is 2.35. The molecule has 0 atom stereocenters. The highest BCUT2D eigenvalue weighted by molar-refractivity contribution is 7.92. The van der Waals surface area contributed by atoms with Gasteiger partial charge in [-0.3, -0.25) is 9.52 Å². The number of hydrogen-bond acceptors (Lipinski definition) is 5. The van der Waals surface area contributed by atoms with E-state index in [2.05, 4.69) is 10.0 Å². The van der Waals surface area contributed by atoms with E-state index in [1.165, 1.54) is 43.3 Å². The summed E-state index contributed by atoms with van der Waals surface area (Å²) in [6, 6.07) is 12.6. The lowest BCUT2D eigenvalue weighted by Crippen LogP contribution is -2.22. The highest BCUT2D eigenvalue weighted by Crippen LogP contribution is 2.18. The van der Waals surface area contributed by atoms with Crippen LogP contribution in [-0.4, -0.2) is 33.4 Å². The zero-order valence-corrected chi connectivity index (χ0v) is 17.4. The molecule has 29 heavy (non-hydrogen) atoms. The fraction of sp³-hybridized carbons (Fsp3) is 0.333. The van der Waals surface area contributed by atoms with E-state index in [1.54, 1.807) is 12.1 Å². The van der Waals surface area contributed by atoms with Gasteiger partial charge in [0, 0.05) is 19.2 Å².